The Morgan fingerprint density at radius 1 is 1.56 bits per heavy atom. The molecule has 0 spiro atoms. The lowest BCUT2D eigenvalue weighted by atomic mass is 9.82. The summed E-state index contributed by atoms with van der Waals surface area (Å²) in [6, 6.07) is 0. The summed E-state index contributed by atoms with van der Waals surface area (Å²) in [7, 11) is 1.90. The minimum absolute atomic E-state index is 0.149. The number of nitrogens with zero attached hydrogens (tertiary/aromatic N) is 2. The Kier molecular flexibility index (Phi) is 2.81. The van der Waals surface area contributed by atoms with Crippen LogP contribution >= 0.6 is 0 Å². The number of hydrogen-bond acceptors (Lipinski definition) is 3. The molecular weight excluding hydrogens is 204 g/mol. The van der Waals surface area contributed by atoms with Gasteiger partial charge in [-0.05, 0) is 19.8 Å². The van der Waals surface area contributed by atoms with Gasteiger partial charge in [-0.25, -0.2) is 4.98 Å². The molecule has 0 fully saturated rings. The number of hydrogen-bond donors (Lipinski definition) is 0. The Bertz CT molecular complexity index is 412. The van der Waals surface area contributed by atoms with Crippen LogP contribution < -0.4 is 0 Å². The third kappa shape index (κ3) is 1.54. The van der Waals surface area contributed by atoms with Crippen molar-refractivity contribution >= 4 is 5.97 Å². The second kappa shape index (κ2) is 4.12. The number of aromatic nitrogens is 2. The van der Waals surface area contributed by atoms with E-state index >= 15 is 0 Å². The van der Waals surface area contributed by atoms with Crippen molar-refractivity contribution < 1.29 is 9.53 Å². The summed E-state index contributed by atoms with van der Waals surface area (Å²) in [5.74, 6) is -0.149. The molecule has 0 radical (unpaired) electrons. The van der Waals surface area contributed by atoms with Crippen molar-refractivity contribution in [2.24, 2.45) is 7.05 Å². The number of aryl methyl sites for hydroxylation is 1. The first-order valence-corrected chi connectivity index (χ1v) is 5.50. The molecule has 2 rings (SSSR count). The van der Waals surface area contributed by atoms with Gasteiger partial charge in [0.15, 0.2) is 0 Å². The molecule has 0 bridgehead atoms. The topological polar surface area (TPSA) is 44.1 Å². The molecule has 1 aliphatic rings. The third-order valence-corrected chi connectivity index (χ3v) is 3.07. The smallest absolute Gasteiger partial charge is 0.318 e. The average Bonchev–Trinajstić information content (AvgIpc) is 2.87. The molecule has 0 N–H and O–H groups in total. The summed E-state index contributed by atoms with van der Waals surface area (Å²) < 4.78 is 7.08. The number of carbonyl (C=O) groups excluding carboxylic acids is 1. The Balaban J connectivity index is 2.37. The van der Waals surface area contributed by atoms with E-state index in [1.807, 2.05) is 30.7 Å². The SMILES string of the molecule is CCOC(=O)C1(c2cncn2C)CC=CC1. The van der Waals surface area contributed by atoms with Crippen molar-refractivity contribution in [1.29, 1.82) is 0 Å². The lowest BCUT2D eigenvalue weighted by molar-refractivity contribution is -0.150. The van der Waals surface area contributed by atoms with E-state index in [1.54, 1.807) is 12.5 Å². The Labute approximate surface area is 94.9 Å². The molecule has 86 valence electrons. The molecule has 0 atom stereocenters. The highest BCUT2D eigenvalue weighted by molar-refractivity contribution is 5.83. The fraction of sp³-hybridized carbons (Fsp3) is 0.500. The quantitative estimate of drug-likeness (QED) is 0.573. The summed E-state index contributed by atoms with van der Waals surface area (Å²) in [6.45, 7) is 2.25. The molecule has 1 aliphatic carbocycles. The second-order valence-corrected chi connectivity index (χ2v) is 4.07. The summed E-state index contributed by atoms with van der Waals surface area (Å²) in [6.07, 6.45) is 8.93. The molecule has 1 aromatic heterocycles. The Hall–Kier alpha value is -1.58. The fourth-order valence-electron chi connectivity index (χ4n) is 2.22. The molecule has 0 unspecified atom stereocenters. The molecule has 0 aromatic carbocycles. The summed E-state index contributed by atoms with van der Waals surface area (Å²) in [5, 5.41) is 0. The minimum Gasteiger partial charge on any atom is -0.465 e. The van der Waals surface area contributed by atoms with Gasteiger partial charge in [0.05, 0.1) is 18.6 Å². The molecule has 4 heteroatoms. The number of carbonyl (C=O) groups is 1. The lowest BCUT2D eigenvalue weighted by Gasteiger charge is -2.26. The van der Waals surface area contributed by atoms with Gasteiger partial charge in [-0.15, -0.1) is 0 Å². The van der Waals surface area contributed by atoms with E-state index in [0.29, 0.717) is 19.4 Å². The number of allylic oxidation sites excluding steroid dienone is 2. The normalized spacial score (nSPS) is 17.6. The van der Waals surface area contributed by atoms with Crippen LogP contribution in [-0.2, 0) is 22.0 Å². The summed E-state index contributed by atoms with van der Waals surface area (Å²) in [4.78, 5) is 16.2. The maximum Gasteiger partial charge on any atom is 0.318 e. The largest absolute Gasteiger partial charge is 0.465 e. The van der Waals surface area contributed by atoms with E-state index in [1.165, 1.54) is 0 Å². The Morgan fingerprint density at radius 3 is 2.75 bits per heavy atom. The molecule has 1 heterocycles. The van der Waals surface area contributed by atoms with E-state index in [4.69, 9.17) is 4.74 Å². The van der Waals surface area contributed by atoms with Crippen LogP contribution in [0.15, 0.2) is 24.7 Å². The first-order valence-electron chi connectivity index (χ1n) is 5.50. The maximum absolute atomic E-state index is 12.1. The molecule has 4 nitrogen and oxygen atoms in total. The zero-order valence-corrected chi connectivity index (χ0v) is 9.64. The van der Waals surface area contributed by atoms with Crippen molar-refractivity contribution in [2.75, 3.05) is 6.61 Å². The van der Waals surface area contributed by atoms with Crippen LogP contribution in [0, 0.1) is 0 Å². The average molecular weight is 220 g/mol. The first-order chi connectivity index (χ1) is 7.70. The van der Waals surface area contributed by atoms with Gasteiger partial charge >= 0.3 is 5.97 Å². The van der Waals surface area contributed by atoms with Crippen molar-refractivity contribution in [3.8, 4) is 0 Å². The summed E-state index contributed by atoms with van der Waals surface area (Å²) >= 11 is 0. The number of imidazole rings is 1. The van der Waals surface area contributed by atoms with Gasteiger partial charge < -0.3 is 9.30 Å². The van der Waals surface area contributed by atoms with E-state index < -0.39 is 5.41 Å². The third-order valence-electron chi connectivity index (χ3n) is 3.07. The Morgan fingerprint density at radius 2 is 2.25 bits per heavy atom. The predicted octanol–water partition coefficient (Wildman–Crippen LogP) is 1.57. The van der Waals surface area contributed by atoms with E-state index in [0.717, 1.165) is 5.69 Å². The van der Waals surface area contributed by atoms with Crippen molar-refractivity contribution in [3.63, 3.8) is 0 Å². The van der Waals surface area contributed by atoms with Gasteiger partial charge in [0.25, 0.3) is 0 Å². The molecule has 0 amide bonds. The monoisotopic (exact) mass is 220 g/mol. The first kappa shape index (κ1) is 10.9. The van der Waals surface area contributed by atoms with Crippen LogP contribution in [0.1, 0.15) is 25.5 Å². The van der Waals surface area contributed by atoms with Crippen molar-refractivity contribution in [1.82, 2.24) is 9.55 Å². The zero-order valence-electron chi connectivity index (χ0n) is 9.64. The minimum atomic E-state index is -0.554. The van der Waals surface area contributed by atoms with Gasteiger partial charge in [0, 0.05) is 13.2 Å². The van der Waals surface area contributed by atoms with E-state index in [2.05, 4.69) is 4.98 Å². The van der Waals surface area contributed by atoms with Crippen LogP contribution in [0.4, 0.5) is 0 Å². The summed E-state index contributed by atoms with van der Waals surface area (Å²) in [5.41, 5.74) is 0.373. The van der Waals surface area contributed by atoms with Crippen LogP contribution in [0.2, 0.25) is 0 Å². The second-order valence-electron chi connectivity index (χ2n) is 4.07. The lowest BCUT2D eigenvalue weighted by Crippen LogP contribution is -2.36. The fourth-order valence-corrected chi connectivity index (χ4v) is 2.22. The van der Waals surface area contributed by atoms with Crippen molar-refractivity contribution in [3.05, 3.63) is 30.4 Å². The number of ether oxygens (including phenoxy) is 1. The highest BCUT2D eigenvalue weighted by atomic mass is 16.5. The number of esters is 1. The molecule has 16 heavy (non-hydrogen) atoms. The maximum atomic E-state index is 12.1. The zero-order chi connectivity index (χ0) is 11.6. The molecule has 1 aromatic rings. The van der Waals surface area contributed by atoms with Gasteiger partial charge in [-0.2, -0.15) is 0 Å². The standard InChI is InChI=1S/C12H16N2O2/c1-3-16-11(15)12(6-4-5-7-12)10-8-13-9-14(10)2/h4-5,8-9H,3,6-7H2,1-2H3. The predicted molar refractivity (Wildman–Crippen MR) is 59.9 cm³/mol. The molecule has 0 saturated carbocycles. The van der Waals surface area contributed by atoms with E-state index in [9.17, 15) is 4.79 Å². The molecule has 0 aliphatic heterocycles. The number of rotatable bonds is 3. The van der Waals surface area contributed by atoms with Crippen molar-refractivity contribution in [2.45, 2.75) is 25.2 Å². The van der Waals surface area contributed by atoms with Crippen LogP contribution in [0.5, 0.6) is 0 Å². The van der Waals surface area contributed by atoms with Gasteiger partial charge in [-0.3, -0.25) is 4.79 Å². The van der Waals surface area contributed by atoms with Gasteiger partial charge in [0.1, 0.15) is 5.41 Å². The van der Waals surface area contributed by atoms with Crippen LogP contribution in [-0.4, -0.2) is 22.1 Å². The highest BCUT2D eigenvalue weighted by Crippen LogP contribution is 2.37. The van der Waals surface area contributed by atoms with Gasteiger partial charge in [0.2, 0.25) is 0 Å². The highest BCUT2D eigenvalue weighted by Gasteiger charge is 2.44. The molecular formula is C12H16N2O2. The van der Waals surface area contributed by atoms with Crippen LogP contribution in [0.25, 0.3) is 0 Å². The van der Waals surface area contributed by atoms with Gasteiger partial charge in [-0.1, -0.05) is 12.2 Å². The molecule has 0 saturated heterocycles. The van der Waals surface area contributed by atoms with Crippen LogP contribution in [0.3, 0.4) is 0 Å². The van der Waals surface area contributed by atoms with E-state index in [-0.39, 0.29) is 5.97 Å².